The largest absolute Gasteiger partial charge is 0.497 e. The molecule has 1 aliphatic heterocycles. The van der Waals surface area contributed by atoms with Crippen LogP contribution in [0.4, 0.5) is 5.69 Å². The molecule has 0 spiro atoms. The molecule has 1 fully saturated rings. The van der Waals surface area contributed by atoms with Crippen molar-refractivity contribution in [1.29, 1.82) is 0 Å². The first kappa shape index (κ1) is 13.0. The van der Waals surface area contributed by atoms with E-state index in [4.69, 9.17) is 9.47 Å². The third-order valence-corrected chi connectivity index (χ3v) is 3.39. The maximum absolute atomic E-state index is 5.40. The molecule has 1 heterocycles. The first-order valence-corrected chi connectivity index (χ1v) is 6.40. The molecule has 0 radical (unpaired) electrons. The van der Waals surface area contributed by atoms with Gasteiger partial charge in [0.25, 0.3) is 0 Å². The van der Waals surface area contributed by atoms with Gasteiger partial charge in [0, 0.05) is 18.7 Å². The van der Waals surface area contributed by atoms with Crippen molar-refractivity contribution in [2.75, 3.05) is 39.7 Å². The van der Waals surface area contributed by atoms with Gasteiger partial charge in [0.05, 0.1) is 19.9 Å². The van der Waals surface area contributed by atoms with Crippen molar-refractivity contribution in [3.05, 3.63) is 18.2 Å². The Hall–Kier alpha value is -1.42. The molecule has 1 saturated heterocycles. The van der Waals surface area contributed by atoms with E-state index in [1.54, 1.807) is 14.2 Å². The Balaban J connectivity index is 2.08. The van der Waals surface area contributed by atoms with E-state index in [1.165, 1.54) is 19.4 Å². The van der Waals surface area contributed by atoms with E-state index in [9.17, 15) is 0 Å². The molecule has 1 aliphatic rings. The van der Waals surface area contributed by atoms with E-state index in [0.29, 0.717) is 6.04 Å². The molecular weight excluding hydrogens is 228 g/mol. The fourth-order valence-corrected chi connectivity index (χ4v) is 2.42. The fraction of sp³-hybridized carbons (Fsp3) is 0.571. The first-order valence-electron chi connectivity index (χ1n) is 6.40. The molecule has 2 rings (SSSR count). The number of piperidine rings is 1. The van der Waals surface area contributed by atoms with Gasteiger partial charge in [0.15, 0.2) is 0 Å². The van der Waals surface area contributed by atoms with Gasteiger partial charge in [-0.15, -0.1) is 0 Å². The molecule has 0 amide bonds. The molecular formula is C14H22N2O2. The van der Waals surface area contributed by atoms with Crippen LogP contribution in [0.2, 0.25) is 0 Å². The van der Waals surface area contributed by atoms with Crippen molar-refractivity contribution in [2.24, 2.45) is 0 Å². The number of likely N-dealkylation sites (tertiary alicyclic amines) is 1. The third-order valence-electron chi connectivity index (χ3n) is 3.39. The number of likely N-dealkylation sites (N-methyl/N-ethyl adjacent to an activating group) is 1. The van der Waals surface area contributed by atoms with Crippen molar-refractivity contribution in [3.8, 4) is 11.5 Å². The molecule has 0 saturated carbocycles. The Morgan fingerprint density at radius 3 is 2.78 bits per heavy atom. The van der Waals surface area contributed by atoms with Crippen LogP contribution >= 0.6 is 0 Å². The summed E-state index contributed by atoms with van der Waals surface area (Å²) in [6.45, 7) is 2.27. The van der Waals surface area contributed by atoms with Crippen LogP contribution < -0.4 is 14.8 Å². The molecule has 0 aromatic heterocycles. The number of benzene rings is 1. The van der Waals surface area contributed by atoms with Crippen LogP contribution in [0.1, 0.15) is 12.8 Å². The van der Waals surface area contributed by atoms with Gasteiger partial charge in [-0.2, -0.15) is 0 Å². The maximum atomic E-state index is 5.40. The Morgan fingerprint density at radius 2 is 2.11 bits per heavy atom. The van der Waals surface area contributed by atoms with Crippen molar-refractivity contribution < 1.29 is 9.47 Å². The maximum Gasteiger partial charge on any atom is 0.145 e. The summed E-state index contributed by atoms with van der Waals surface area (Å²) < 4.78 is 10.6. The Bertz CT molecular complexity index is 395. The second kappa shape index (κ2) is 5.96. The normalized spacial score (nSPS) is 20.5. The number of nitrogens with zero attached hydrogens (tertiary/aromatic N) is 1. The number of hydrogen-bond donors (Lipinski definition) is 1. The molecule has 1 atom stereocenters. The standard InChI is InChI=1S/C14H22N2O2/c1-16-8-4-5-11(10-16)15-13-7-6-12(17-2)9-14(13)18-3/h6-7,9,11,15H,4-5,8,10H2,1-3H3. The number of hydrogen-bond acceptors (Lipinski definition) is 4. The summed E-state index contributed by atoms with van der Waals surface area (Å²) in [5.74, 6) is 1.65. The molecule has 18 heavy (non-hydrogen) atoms. The van der Waals surface area contributed by atoms with Gasteiger partial charge in [-0.3, -0.25) is 0 Å². The minimum absolute atomic E-state index is 0.492. The summed E-state index contributed by atoms with van der Waals surface area (Å²) in [4.78, 5) is 2.36. The molecule has 1 aromatic carbocycles. The summed E-state index contributed by atoms with van der Waals surface area (Å²) in [6, 6.07) is 6.38. The topological polar surface area (TPSA) is 33.7 Å². The Kier molecular flexibility index (Phi) is 4.31. The second-order valence-corrected chi connectivity index (χ2v) is 4.81. The first-order chi connectivity index (χ1) is 8.72. The third kappa shape index (κ3) is 3.07. The van der Waals surface area contributed by atoms with Gasteiger partial charge in [-0.1, -0.05) is 0 Å². The van der Waals surface area contributed by atoms with Crippen LogP contribution in [0.25, 0.3) is 0 Å². The predicted molar refractivity (Wildman–Crippen MR) is 73.7 cm³/mol. The second-order valence-electron chi connectivity index (χ2n) is 4.81. The Morgan fingerprint density at radius 1 is 1.28 bits per heavy atom. The molecule has 100 valence electrons. The number of rotatable bonds is 4. The van der Waals surface area contributed by atoms with Crippen LogP contribution in [-0.4, -0.2) is 45.3 Å². The van der Waals surface area contributed by atoms with E-state index >= 15 is 0 Å². The zero-order chi connectivity index (χ0) is 13.0. The summed E-state index contributed by atoms with van der Waals surface area (Å²) >= 11 is 0. The smallest absolute Gasteiger partial charge is 0.145 e. The SMILES string of the molecule is COc1ccc(NC2CCCN(C)C2)c(OC)c1. The van der Waals surface area contributed by atoms with Gasteiger partial charge in [-0.05, 0) is 38.6 Å². The van der Waals surface area contributed by atoms with Gasteiger partial charge in [0.1, 0.15) is 11.5 Å². The van der Waals surface area contributed by atoms with E-state index in [0.717, 1.165) is 23.7 Å². The van der Waals surface area contributed by atoms with E-state index in [2.05, 4.69) is 17.3 Å². The Labute approximate surface area is 109 Å². The van der Waals surface area contributed by atoms with Gasteiger partial charge in [-0.25, -0.2) is 0 Å². The van der Waals surface area contributed by atoms with Crippen LogP contribution in [0.3, 0.4) is 0 Å². The lowest BCUT2D eigenvalue weighted by atomic mass is 10.1. The summed E-state index contributed by atoms with van der Waals surface area (Å²) in [6.07, 6.45) is 2.45. The van der Waals surface area contributed by atoms with Crippen LogP contribution in [0.15, 0.2) is 18.2 Å². The predicted octanol–water partition coefficient (Wildman–Crippen LogP) is 2.21. The molecule has 1 N–H and O–H groups in total. The average molecular weight is 250 g/mol. The lowest BCUT2D eigenvalue weighted by molar-refractivity contribution is 0.260. The highest BCUT2D eigenvalue weighted by molar-refractivity contribution is 5.59. The van der Waals surface area contributed by atoms with Crippen molar-refractivity contribution in [1.82, 2.24) is 4.90 Å². The number of methoxy groups -OCH3 is 2. The lowest BCUT2D eigenvalue weighted by Gasteiger charge is -2.31. The molecule has 1 unspecified atom stereocenters. The number of ether oxygens (including phenoxy) is 2. The molecule has 0 bridgehead atoms. The van der Waals surface area contributed by atoms with Crippen LogP contribution in [0.5, 0.6) is 11.5 Å². The van der Waals surface area contributed by atoms with Crippen LogP contribution in [0, 0.1) is 0 Å². The quantitative estimate of drug-likeness (QED) is 0.888. The minimum Gasteiger partial charge on any atom is -0.497 e. The monoisotopic (exact) mass is 250 g/mol. The van der Waals surface area contributed by atoms with Gasteiger partial charge < -0.3 is 19.7 Å². The fourth-order valence-electron chi connectivity index (χ4n) is 2.42. The highest BCUT2D eigenvalue weighted by Gasteiger charge is 2.18. The van der Waals surface area contributed by atoms with E-state index in [1.807, 2.05) is 18.2 Å². The summed E-state index contributed by atoms with van der Waals surface area (Å²) in [5.41, 5.74) is 1.04. The molecule has 4 heteroatoms. The molecule has 0 aliphatic carbocycles. The van der Waals surface area contributed by atoms with Gasteiger partial charge >= 0.3 is 0 Å². The number of nitrogens with one attached hydrogen (secondary N) is 1. The average Bonchev–Trinajstić information content (AvgIpc) is 2.39. The van der Waals surface area contributed by atoms with Crippen LogP contribution in [-0.2, 0) is 0 Å². The highest BCUT2D eigenvalue weighted by atomic mass is 16.5. The highest BCUT2D eigenvalue weighted by Crippen LogP contribution is 2.30. The number of anilines is 1. The zero-order valence-corrected chi connectivity index (χ0v) is 11.4. The lowest BCUT2D eigenvalue weighted by Crippen LogP contribution is -2.39. The zero-order valence-electron chi connectivity index (χ0n) is 11.4. The van der Waals surface area contributed by atoms with Gasteiger partial charge in [0.2, 0.25) is 0 Å². The molecule has 1 aromatic rings. The summed E-state index contributed by atoms with van der Waals surface area (Å²) in [7, 11) is 5.52. The van der Waals surface area contributed by atoms with Crippen molar-refractivity contribution >= 4 is 5.69 Å². The summed E-state index contributed by atoms with van der Waals surface area (Å²) in [5, 5.41) is 3.56. The van der Waals surface area contributed by atoms with E-state index < -0.39 is 0 Å². The van der Waals surface area contributed by atoms with Crippen molar-refractivity contribution in [2.45, 2.75) is 18.9 Å². The van der Waals surface area contributed by atoms with E-state index in [-0.39, 0.29) is 0 Å². The van der Waals surface area contributed by atoms with Crippen molar-refractivity contribution in [3.63, 3.8) is 0 Å². The molecule has 4 nitrogen and oxygen atoms in total. The minimum atomic E-state index is 0.492.